The second-order valence-electron chi connectivity index (χ2n) is 5.92. The summed E-state index contributed by atoms with van der Waals surface area (Å²) in [7, 11) is 0. The highest BCUT2D eigenvalue weighted by Gasteiger charge is 2.32. The molecule has 25 heavy (non-hydrogen) atoms. The summed E-state index contributed by atoms with van der Waals surface area (Å²) in [5, 5.41) is 14.3. The highest BCUT2D eigenvalue weighted by molar-refractivity contribution is 5.54. The molecule has 1 N–H and O–H groups in total. The molecule has 3 aromatic rings. The first kappa shape index (κ1) is 17.0. The van der Waals surface area contributed by atoms with Gasteiger partial charge in [0.15, 0.2) is 17.2 Å². The minimum absolute atomic E-state index is 0.00584. The van der Waals surface area contributed by atoms with E-state index < -0.39 is 17.2 Å². The van der Waals surface area contributed by atoms with Gasteiger partial charge in [-0.15, -0.1) is 0 Å². The predicted octanol–water partition coefficient (Wildman–Crippen LogP) is 2.39. The number of aromatic nitrogens is 3. The molecule has 0 aliphatic carbocycles. The molecule has 0 fully saturated rings. The standard InChI is InChI=1S/C17H15F2N3O3/c1-10-4-3-5-14(23)22(10)9-17(2,24)16-20-15(21-25-16)11-6-7-12(18)13(19)8-11/h3-8,24H,9H2,1-2H3/t17-/m0/s1. The summed E-state index contributed by atoms with van der Waals surface area (Å²) in [6, 6.07) is 7.92. The number of hydrogen-bond acceptors (Lipinski definition) is 5. The normalized spacial score (nSPS) is 13.6. The van der Waals surface area contributed by atoms with Gasteiger partial charge in [0.25, 0.3) is 11.4 Å². The van der Waals surface area contributed by atoms with Gasteiger partial charge in [-0.05, 0) is 38.1 Å². The van der Waals surface area contributed by atoms with Crippen LogP contribution in [0.25, 0.3) is 11.4 Å². The summed E-state index contributed by atoms with van der Waals surface area (Å²) >= 11 is 0. The highest BCUT2D eigenvalue weighted by atomic mass is 19.2. The van der Waals surface area contributed by atoms with Gasteiger partial charge in [0.05, 0.1) is 6.54 Å². The van der Waals surface area contributed by atoms with Crippen LogP contribution in [0.3, 0.4) is 0 Å². The smallest absolute Gasteiger partial charge is 0.260 e. The summed E-state index contributed by atoms with van der Waals surface area (Å²) in [6.45, 7) is 3.06. The molecule has 2 heterocycles. The van der Waals surface area contributed by atoms with E-state index >= 15 is 0 Å². The van der Waals surface area contributed by atoms with E-state index in [-0.39, 0.29) is 29.4 Å². The second-order valence-corrected chi connectivity index (χ2v) is 5.92. The maximum absolute atomic E-state index is 13.3. The van der Waals surface area contributed by atoms with Crippen LogP contribution in [0.4, 0.5) is 8.78 Å². The third kappa shape index (κ3) is 3.34. The van der Waals surface area contributed by atoms with Crippen molar-refractivity contribution in [2.75, 3.05) is 0 Å². The lowest BCUT2D eigenvalue weighted by Gasteiger charge is -2.21. The van der Waals surface area contributed by atoms with E-state index in [0.717, 1.165) is 12.1 Å². The molecule has 6 nitrogen and oxygen atoms in total. The van der Waals surface area contributed by atoms with Gasteiger partial charge in [-0.3, -0.25) is 4.79 Å². The summed E-state index contributed by atoms with van der Waals surface area (Å²) in [4.78, 5) is 16.0. The number of aliphatic hydroxyl groups is 1. The van der Waals surface area contributed by atoms with Crippen LogP contribution < -0.4 is 5.56 Å². The van der Waals surface area contributed by atoms with E-state index in [2.05, 4.69) is 10.1 Å². The number of aryl methyl sites for hydroxylation is 1. The van der Waals surface area contributed by atoms with Gasteiger partial charge >= 0.3 is 0 Å². The molecule has 0 amide bonds. The monoisotopic (exact) mass is 347 g/mol. The molecule has 0 unspecified atom stereocenters. The van der Waals surface area contributed by atoms with Gasteiger partial charge < -0.3 is 14.2 Å². The van der Waals surface area contributed by atoms with Crippen molar-refractivity contribution < 1.29 is 18.4 Å². The molecule has 0 aliphatic heterocycles. The van der Waals surface area contributed by atoms with Crippen LogP contribution in [0.1, 0.15) is 18.5 Å². The fraction of sp³-hybridized carbons (Fsp3) is 0.235. The molecule has 3 rings (SSSR count). The number of nitrogens with zero attached hydrogens (tertiary/aromatic N) is 3. The van der Waals surface area contributed by atoms with Gasteiger partial charge in [0.1, 0.15) is 0 Å². The van der Waals surface area contributed by atoms with Crippen molar-refractivity contribution in [2.24, 2.45) is 0 Å². The van der Waals surface area contributed by atoms with Crippen LogP contribution in [0.15, 0.2) is 45.7 Å². The fourth-order valence-corrected chi connectivity index (χ4v) is 2.40. The average Bonchev–Trinajstić information content (AvgIpc) is 3.05. The first-order chi connectivity index (χ1) is 11.8. The van der Waals surface area contributed by atoms with Crippen molar-refractivity contribution in [1.82, 2.24) is 14.7 Å². The Kier molecular flexibility index (Phi) is 4.22. The van der Waals surface area contributed by atoms with Crippen molar-refractivity contribution in [3.8, 4) is 11.4 Å². The van der Waals surface area contributed by atoms with Crippen molar-refractivity contribution in [1.29, 1.82) is 0 Å². The zero-order valence-electron chi connectivity index (χ0n) is 13.5. The SMILES string of the molecule is Cc1cccc(=O)n1C[C@](C)(O)c1nc(-c2ccc(F)c(F)c2)no1. The van der Waals surface area contributed by atoms with Gasteiger partial charge in [-0.25, -0.2) is 8.78 Å². The molecule has 0 spiro atoms. The fourth-order valence-electron chi connectivity index (χ4n) is 2.40. The van der Waals surface area contributed by atoms with E-state index in [1.807, 2.05) is 0 Å². The van der Waals surface area contributed by atoms with Crippen molar-refractivity contribution in [3.05, 3.63) is 70.0 Å². The number of pyridine rings is 1. The molecule has 0 radical (unpaired) electrons. The molecular weight excluding hydrogens is 332 g/mol. The first-order valence-corrected chi connectivity index (χ1v) is 7.46. The largest absolute Gasteiger partial charge is 0.378 e. The van der Waals surface area contributed by atoms with E-state index in [9.17, 15) is 18.7 Å². The Labute approximate surface area is 141 Å². The lowest BCUT2D eigenvalue weighted by molar-refractivity contribution is 0.00479. The molecule has 0 saturated carbocycles. The van der Waals surface area contributed by atoms with Crippen molar-refractivity contribution >= 4 is 0 Å². The Morgan fingerprint density at radius 2 is 2.00 bits per heavy atom. The van der Waals surface area contributed by atoms with Crippen LogP contribution in [-0.4, -0.2) is 19.8 Å². The van der Waals surface area contributed by atoms with Gasteiger partial charge in [0, 0.05) is 17.3 Å². The van der Waals surface area contributed by atoms with Crippen LogP contribution >= 0.6 is 0 Å². The Morgan fingerprint density at radius 3 is 2.68 bits per heavy atom. The van der Waals surface area contributed by atoms with E-state index in [0.29, 0.717) is 5.69 Å². The highest BCUT2D eigenvalue weighted by Crippen LogP contribution is 2.25. The number of benzene rings is 1. The first-order valence-electron chi connectivity index (χ1n) is 7.46. The zero-order valence-corrected chi connectivity index (χ0v) is 13.5. The molecule has 0 saturated heterocycles. The average molecular weight is 347 g/mol. The Balaban J connectivity index is 1.92. The minimum Gasteiger partial charge on any atom is -0.378 e. The molecule has 1 atom stereocenters. The van der Waals surface area contributed by atoms with Crippen LogP contribution in [-0.2, 0) is 12.1 Å². The number of hydrogen-bond donors (Lipinski definition) is 1. The maximum atomic E-state index is 13.3. The molecular formula is C17H15F2N3O3. The van der Waals surface area contributed by atoms with Crippen LogP contribution in [0, 0.1) is 18.6 Å². The maximum Gasteiger partial charge on any atom is 0.260 e. The van der Waals surface area contributed by atoms with E-state index in [1.54, 1.807) is 19.1 Å². The molecule has 8 heteroatoms. The summed E-state index contributed by atoms with van der Waals surface area (Å²) in [5.41, 5.74) is -1.04. The Hall–Kier alpha value is -2.87. The minimum atomic E-state index is -1.63. The lowest BCUT2D eigenvalue weighted by Crippen LogP contribution is -2.34. The molecule has 2 aromatic heterocycles. The molecule has 1 aromatic carbocycles. The third-order valence-corrected chi connectivity index (χ3v) is 3.80. The number of halogens is 2. The van der Waals surface area contributed by atoms with Crippen molar-refractivity contribution in [3.63, 3.8) is 0 Å². The quantitative estimate of drug-likeness (QED) is 0.784. The molecule has 130 valence electrons. The van der Waals surface area contributed by atoms with E-state index in [1.165, 1.54) is 23.6 Å². The molecule has 0 bridgehead atoms. The van der Waals surface area contributed by atoms with Gasteiger partial charge in [-0.2, -0.15) is 4.98 Å². The summed E-state index contributed by atoms with van der Waals surface area (Å²) in [5.74, 6) is -2.16. The van der Waals surface area contributed by atoms with Gasteiger partial charge in [0.2, 0.25) is 5.82 Å². The number of rotatable bonds is 4. The third-order valence-electron chi connectivity index (χ3n) is 3.80. The van der Waals surface area contributed by atoms with Crippen LogP contribution in [0.2, 0.25) is 0 Å². The predicted molar refractivity (Wildman–Crippen MR) is 84.7 cm³/mol. The summed E-state index contributed by atoms with van der Waals surface area (Å²) in [6.07, 6.45) is 0. The summed E-state index contributed by atoms with van der Waals surface area (Å²) < 4.78 is 32.8. The van der Waals surface area contributed by atoms with Gasteiger partial charge in [-0.1, -0.05) is 11.2 Å². The second kappa shape index (κ2) is 6.21. The zero-order chi connectivity index (χ0) is 18.2. The van der Waals surface area contributed by atoms with Crippen LogP contribution in [0.5, 0.6) is 0 Å². The topological polar surface area (TPSA) is 81.2 Å². The lowest BCUT2D eigenvalue weighted by atomic mass is 10.1. The molecule has 0 aliphatic rings. The Morgan fingerprint density at radius 1 is 1.24 bits per heavy atom. The Bertz CT molecular complexity index is 979. The van der Waals surface area contributed by atoms with E-state index in [4.69, 9.17) is 4.52 Å². The van der Waals surface area contributed by atoms with Crippen molar-refractivity contribution in [2.45, 2.75) is 26.0 Å².